The van der Waals surface area contributed by atoms with Crippen LogP contribution in [0, 0.1) is 0 Å². The number of rotatable bonds is 3. The lowest BCUT2D eigenvalue weighted by molar-refractivity contribution is -0.210. The highest BCUT2D eigenvalue weighted by atomic mass is 19.4. The van der Waals surface area contributed by atoms with Crippen LogP contribution in [0.4, 0.5) is 13.2 Å². The van der Waals surface area contributed by atoms with Crippen molar-refractivity contribution in [2.45, 2.75) is 37.6 Å². The summed E-state index contributed by atoms with van der Waals surface area (Å²) in [7, 11) is 0. The van der Waals surface area contributed by atoms with Crippen LogP contribution in [0.1, 0.15) is 30.0 Å². The van der Waals surface area contributed by atoms with E-state index in [1.165, 1.54) is 0 Å². The lowest BCUT2D eigenvalue weighted by atomic mass is 9.87. The highest BCUT2D eigenvalue weighted by molar-refractivity contribution is 5.43. The third kappa shape index (κ3) is 3.19. The van der Waals surface area contributed by atoms with Crippen molar-refractivity contribution in [1.82, 2.24) is 0 Å². The van der Waals surface area contributed by atoms with E-state index in [9.17, 15) is 13.2 Å². The van der Waals surface area contributed by atoms with E-state index in [4.69, 9.17) is 15.6 Å². The normalized spacial score (nSPS) is 20.8. The van der Waals surface area contributed by atoms with Gasteiger partial charge in [-0.3, -0.25) is 0 Å². The van der Waals surface area contributed by atoms with Gasteiger partial charge in [0.25, 0.3) is 0 Å². The molecule has 0 aliphatic heterocycles. The summed E-state index contributed by atoms with van der Waals surface area (Å²) < 4.78 is 41.7. The number of fused-ring (bicyclic) bond motifs is 1. The number of nitrogens with two attached hydrogens (primary N) is 1. The first kappa shape index (κ1) is 14.1. The van der Waals surface area contributed by atoms with Gasteiger partial charge in [-0.15, -0.1) is 0 Å². The Morgan fingerprint density at radius 1 is 1.42 bits per heavy atom. The van der Waals surface area contributed by atoms with E-state index in [1.54, 1.807) is 12.1 Å². The van der Waals surface area contributed by atoms with Crippen molar-refractivity contribution in [3.05, 3.63) is 29.3 Å². The molecule has 1 aliphatic carbocycles. The Labute approximate surface area is 109 Å². The molecule has 0 saturated carbocycles. The minimum Gasteiger partial charge on any atom is -0.490 e. The van der Waals surface area contributed by atoms with E-state index in [2.05, 4.69) is 0 Å². The van der Waals surface area contributed by atoms with Gasteiger partial charge in [0.05, 0.1) is 0 Å². The van der Waals surface area contributed by atoms with Crippen LogP contribution in [-0.4, -0.2) is 24.0 Å². The monoisotopic (exact) mass is 275 g/mol. The number of benzene rings is 1. The maximum Gasteiger partial charge on any atom is 0.417 e. The molecule has 3 N–H and O–H groups in total. The van der Waals surface area contributed by atoms with Crippen LogP contribution < -0.4 is 10.5 Å². The van der Waals surface area contributed by atoms with Crippen molar-refractivity contribution >= 4 is 0 Å². The predicted octanol–water partition coefficient (Wildman–Crippen LogP) is 2.32. The zero-order chi connectivity index (χ0) is 14.0. The molecular weight excluding hydrogens is 259 g/mol. The Bertz CT molecular complexity index is 448. The molecule has 1 aromatic rings. The van der Waals surface area contributed by atoms with Crippen LogP contribution in [0.15, 0.2) is 18.2 Å². The van der Waals surface area contributed by atoms with Gasteiger partial charge in [-0.2, -0.15) is 13.2 Å². The average molecular weight is 275 g/mol. The molecule has 0 bridgehead atoms. The summed E-state index contributed by atoms with van der Waals surface area (Å²) in [6.07, 6.45) is -4.65. The Hall–Kier alpha value is -1.27. The molecule has 2 unspecified atom stereocenters. The average Bonchev–Trinajstić information content (AvgIpc) is 2.35. The topological polar surface area (TPSA) is 55.5 Å². The van der Waals surface area contributed by atoms with E-state index in [-0.39, 0.29) is 6.04 Å². The molecule has 2 rings (SSSR count). The standard InChI is InChI=1S/C13H16F3NO2/c14-13(15,16)12(18)7-19-11-6-2-3-8-9(11)4-1-5-10(8)17/h2-3,6,10,12,18H,1,4-5,7,17H2. The number of alkyl halides is 3. The molecule has 3 nitrogen and oxygen atoms in total. The molecule has 1 aromatic carbocycles. The lowest BCUT2D eigenvalue weighted by Gasteiger charge is -2.25. The van der Waals surface area contributed by atoms with Crippen molar-refractivity contribution < 1.29 is 23.0 Å². The fraction of sp³-hybridized carbons (Fsp3) is 0.538. The van der Waals surface area contributed by atoms with Crippen LogP contribution >= 0.6 is 0 Å². The van der Waals surface area contributed by atoms with Gasteiger partial charge in [-0.25, -0.2) is 0 Å². The first-order valence-corrected chi connectivity index (χ1v) is 6.14. The lowest BCUT2D eigenvalue weighted by Crippen LogP contribution is -2.34. The Morgan fingerprint density at radius 2 is 2.16 bits per heavy atom. The van der Waals surface area contributed by atoms with Gasteiger partial charge in [-0.1, -0.05) is 12.1 Å². The van der Waals surface area contributed by atoms with Crippen LogP contribution in [0.3, 0.4) is 0 Å². The highest BCUT2D eigenvalue weighted by Gasteiger charge is 2.38. The molecular formula is C13H16F3NO2. The van der Waals surface area contributed by atoms with Crippen LogP contribution in [-0.2, 0) is 6.42 Å². The molecule has 0 heterocycles. The second kappa shape index (κ2) is 5.38. The smallest absolute Gasteiger partial charge is 0.417 e. The van der Waals surface area contributed by atoms with E-state index < -0.39 is 18.9 Å². The number of halogens is 3. The fourth-order valence-corrected chi connectivity index (χ4v) is 2.25. The molecule has 0 saturated heterocycles. The zero-order valence-corrected chi connectivity index (χ0v) is 10.3. The maximum absolute atomic E-state index is 12.2. The summed E-state index contributed by atoms with van der Waals surface area (Å²) in [6.45, 7) is -0.796. The van der Waals surface area contributed by atoms with Gasteiger partial charge in [0.15, 0.2) is 6.10 Å². The molecule has 6 heteroatoms. The van der Waals surface area contributed by atoms with Gasteiger partial charge in [0.2, 0.25) is 0 Å². The van der Waals surface area contributed by atoms with E-state index in [0.717, 1.165) is 30.4 Å². The maximum atomic E-state index is 12.2. The molecule has 0 aromatic heterocycles. The molecule has 19 heavy (non-hydrogen) atoms. The van der Waals surface area contributed by atoms with Gasteiger partial charge < -0.3 is 15.6 Å². The van der Waals surface area contributed by atoms with E-state index in [1.807, 2.05) is 6.07 Å². The summed E-state index contributed by atoms with van der Waals surface area (Å²) in [5, 5.41) is 8.93. The molecule has 0 fully saturated rings. The first-order chi connectivity index (χ1) is 8.89. The summed E-state index contributed by atoms with van der Waals surface area (Å²) in [5.74, 6) is 0.385. The molecule has 106 valence electrons. The second-order valence-electron chi connectivity index (χ2n) is 4.69. The van der Waals surface area contributed by atoms with Gasteiger partial charge in [-0.05, 0) is 36.5 Å². The minimum atomic E-state index is -4.66. The molecule has 0 amide bonds. The number of ether oxygens (including phenoxy) is 1. The fourth-order valence-electron chi connectivity index (χ4n) is 2.25. The quantitative estimate of drug-likeness (QED) is 0.890. The Kier molecular flexibility index (Phi) is 4.01. The van der Waals surface area contributed by atoms with Gasteiger partial charge in [0.1, 0.15) is 12.4 Å². The van der Waals surface area contributed by atoms with E-state index >= 15 is 0 Å². The van der Waals surface area contributed by atoms with E-state index in [0.29, 0.717) is 5.75 Å². The zero-order valence-electron chi connectivity index (χ0n) is 10.3. The van der Waals surface area contributed by atoms with Crippen LogP contribution in [0.25, 0.3) is 0 Å². The first-order valence-electron chi connectivity index (χ1n) is 6.14. The highest BCUT2D eigenvalue weighted by Crippen LogP contribution is 2.34. The van der Waals surface area contributed by atoms with Crippen molar-refractivity contribution in [1.29, 1.82) is 0 Å². The van der Waals surface area contributed by atoms with Crippen molar-refractivity contribution in [3.8, 4) is 5.75 Å². The van der Waals surface area contributed by atoms with Crippen molar-refractivity contribution in [2.24, 2.45) is 5.73 Å². The van der Waals surface area contributed by atoms with Crippen molar-refractivity contribution in [3.63, 3.8) is 0 Å². The van der Waals surface area contributed by atoms with Crippen LogP contribution in [0.5, 0.6) is 5.75 Å². The summed E-state index contributed by atoms with van der Waals surface area (Å²) in [5.41, 5.74) is 7.73. The summed E-state index contributed by atoms with van der Waals surface area (Å²) >= 11 is 0. The largest absolute Gasteiger partial charge is 0.490 e. The summed E-state index contributed by atoms with van der Waals surface area (Å²) in [4.78, 5) is 0. The number of hydrogen-bond donors (Lipinski definition) is 2. The SMILES string of the molecule is NC1CCCc2c(OCC(O)C(F)(F)F)cccc21. The summed E-state index contributed by atoms with van der Waals surface area (Å²) in [6, 6.07) is 5.09. The number of aliphatic hydroxyl groups is 1. The third-order valence-corrected chi connectivity index (χ3v) is 3.29. The number of hydrogen-bond acceptors (Lipinski definition) is 3. The van der Waals surface area contributed by atoms with Crippen molar-refractivity contribution in [2.75, 3.05) is 6.61 Å². The van der Waals surface area contributed by atoms with Crippen LogP contribution in [0.2, 0.25) is 0 Å². The molecule has 0 radical (unpaired) electrons. The Morgan fingerprint density at radius 3 is 2.84 bits per heavy atom. The Balaban J connectivity index is 2.12. The van der Waals surface area contributed by atoms with Gasteiger partial charge in [0, 0.05) is 6.04 Å². The molecule has 2 atom stereocenters. The molecule has 0 spiro atoms. The minimum absolute atomic E-state index is 0.0974. The predicted molar refractivity (Wildman–Crippen MR) is 63.9 cm³/mol. The third-order valence-electron chi connectivity index (χ3n) is 3.29. The second-order valence-corrected chi connectivity index (χ2v) is 4.69. The number of aliphatic hydroxyl groups excluding tert-OH is 1. The molecule has 1 aliphatic rings. The van der Waals surface area contributed by atoms with Gasteiger partial charge >= 0.3 is 6.18 Å².